The number of thiophene rings is 1. The van der Waals surface area contributed by atoms with Gasteiger partial charge >= 0.3 is 0 Å². The molecule has 2 aromatic rings. The van der Waals surface area contributed by atoms with Gasteiger partial charge in [0.2, 0.25) is 0 Å². The summed E-state index contributed by atoms with van der Waals surface area (Å²) in [4.78, 5) is 12.4. The SMILES string of the molecule is O=C(c1ccc2c(c1)COC2)c1cc(Br)sc1Br. The molecule has 92 valence electrons. The molecule has 0 amide bonds. The molecule has 0 N–H and O–H groups in total. The second-order valence-corrected chi connectivity index (χ2v) is 7.79. The number of carbonyl (C=O) groups excluding carboxylic acids is 1. The Morgan fingerprint density at radius 3 is 2.67 bits per heavy atom. The molecule has 0 spiro atoms. The first-order chi connectivity index (χ1) is 8.65. The Hall–Kier alpha value is -0.490. The van der Waals surface area contributed by atoms with Crippen LogP contribution in [0.4, 0.5) is 0 Å². The Morgan fingerprint density at radius 1 is 1.17 bits per heavy atom. The zero-order valence-electron chi connectivity index (χ0n) is 9.20. The van der Waals surface area contributed by atoms with Crippen molar-refractivity contribution in [1.29, 1.82) is 0 Å². The number of halogens is 2. The predicted octanol–water partition coefficient (Wildman–Crippen LogP) is 4.53. The van der Waals surface area contributed by atoms with Crippen LogP contribution in [0, 0.1) is 0 Å². The van der Waals surface area contributed by atoms with Gasteiger partial charge in [-0.3, -0.25) is 4.79 Å². The van der Waals surface area contributed by atoms with Gasteiger partial charge in [0, 0.05) is 11.1 Å². The third kappa shape index (κ3) is 2.20. The van der Waals surface area contributed by atoms with E-state index in [2.05, 4.69) is 31.9 Å². The van der Waals surface area contributed by atoms with Crippen molar-refractivity contribution < 1.29 is 9.53 Å². The Labute approximate surface area is 125 Å². The van der Waals surface area contributed by atoms with Crippen molar-refractivity contribution >= 4 is 49.0 Å². The molecule has 1 aromatic carbocycles. The molecular weight excluding hydrogens is 380 g/mol. The van der Waals surface area contributed by atoms with Crippen molar-refractivity contribution in [1.82, 2.24) is 0 Å². The summed E-state index contributed by atoms with van der Waals surface area (Å²) in [6, 6.07) is 7.63. The van der Waals surface area contributed by atoms with Gasteiger partial charge in [-0.05, 0) is 55.1 Å². The van der Waals surface area contributed by atoms with Crippen LogP contribution in [0.25, 0.3) is 0 Å². The van der Waals surface area contributed by atoms with Crippen molar-refractivity contribution in [3.8, 4) is 0 Å². The van der Waals surface area contributed by atoms with E-state index in [4.69, 9.17) is 4.74 Å². The molecule has 2 heterocycles. The Bertz CT molecular complexity index is 634. The molecule has 0 unspecified atom stereocenters. The van der Waals surface area contributed by atoms with E-state index in [9.17, 15) is 4.79 Å². The van der Waals surface area contributed by atoms with Gasteiger partial charge in [0.1, 0.15) is 0 Å². The third-order valence-electron chi connectivity index (χ3n) is 2.88. The molecule has 0 radical (unpaired) electrons. The average Bonchev–Trinajstić information content (AvgIpc) is 2.93. The van der Waals surface area contributed by atoms with Crippen molar-refractivity contribution in [2.45, 2.75) is 13.2 Å². The highest BCUT2D eigenvalue weighted by molar-refractivity contribution is 9.12. The quantitative estimate of drug-likeness (QED) is 0.707. The number of benzene rings is 1. The van der Waals surface area contributed by atoms with Gasteiger partial charge in [-0.15, -0.1) is 11.3 Å². The molecule has 0 bridgehead atoms. The van der Waals surface area contributed by atoms with Crippen LogP contribution < -0.4 is 0 Å². The fourth-order valence-electron chi connectivity index (χ4n) is 1.96. The number of hydrogen-bond acceptors (Lipinski definition) is 3. The van der Waals surface area contributed by atoms with E-state index >= 15 is 0 Å². The van der Waals surface area contributed by atoms with E-state index < -0.39 is 0 Å². The first-order valence-electron chi connectivity index (χ1n) is 5.34. The molecule has 0 aliphatic carbocycles. The molecule has 1 aromatic heterocycles. The highest BCUT2D eigenvalue weighted by Crippen LogP contribution is 2.33. The Balaban J connectivity index is 2.00. The van der Waals surface area contributed by atoms with Crippen molar-refractivity contribution in [3.05, 3.63) is 54.1 Å². The van der Waals surface area contributed by atoms with Gasteiger partial charge in [0.25, 0.3) is 0 Å². The smallest absolute Gasteiger partial charge is 0.195 e. The largest absolute Gasteiger partial charge is 0.372 e. The van der Waals surface area contributed by atoms with E-state index in [1.165, 1.54) is 16.9 Å². The van der Waals surface area contributed by atoms with E-state index in [0.717, 1.165) is 13.1 Å². The summed E-state index contributed by atoms with van der Waals surface area (Å²) >= 11 is 8.32. The van der Waals surface area contributed by atoms with Gasteiger partial charge in [0.05, 0.1) is 20.8 Å². The summed E-state index contributed by atoms with van der Waals surface area (Å²) in [6.07, 6.45) is 0. The van der Waals surface area contributed by atoms with Crippen molar-refractivity contribution in [3.63, 3.8) is 0 Å². The van der Waals surface area contributed by atoms with Crippen LogP contribution in [0.15, 0.2) is 31.8 Å². The van der Waals surface area contributed by atoms with Gasteiger partial charge in [0.15, 0.2) is 5.78 Å². The van der Waals surface area contributed by atoms with E-state index in [1.807, 2.05) is 24.3 Å². The molecule has 5 heteroatoms. The zero-order valence-corrected chi connectivity index (χ0v) is 13.2. The fraction of sp³-hybridized carbons (Fsp3) is 0.154. The van der Waals surface area contributed by atoms with Crippen LogP contribution in [-0.4, -0.2) is 5.78 Å². The molecule has 0 saturated heterocycles. The lowest BCUT2D eigenvalue weighted by Gasteiger charge is -2.02. The van der Waals surface area contributed by atoms with Gasteiger partial charge in [-0.2, -0.15) is 0 Å². The summed E-state index contributed by atoms with van der Waals surface area (Å²) in [6.45, 7) is 1.25. The maximum atomic E-state index is 12.4. The minimum Gasteiger partial charge on any atom is -0.372 e. The second-order valence-electron chi connectivity index (χ2n) is 4.04. The summed E-state index contributed by atoms with van der Waals surface area (Å²) < 4.78 is 7.16. The molecule has 0 saturated carbocycles. The molecule has 0 fully saturated rings. The summed E-state index contributed by atoms with van der Waals surface area (Å²) in [7, 11) is 0. The average molecular weight is 388 g/mol. The minimum atomic E-state index is 0.0403. The monoisotopic (exact) mass is 386 g/mol. The zero-order chi connectivity index (χ0) is 12.7. The van der Waals surface area contributed by atoms with Crippen LogP contribution in [0.3, 0.4) is 0 Å². The molecule has 3 rings (SSSR count). The summed E-state index contributed by atoms with van der Waals surface area (Å²) in [5.74, 6) is 0.0403. The highest BCUT2D eigenvalue weighted by atomic mass is 79.9. The van der Waals surface area contributed by atoms with E-state index in [1.54, 1.807) is 0 Å². The van der Waals surface area contributed by atoms with Gasteiger partial charge in [-0.1, -0.05) is 12.1 Å². The van der Waals surface area contributed by atoms with Crippen LogP contribution in [-0.2, 0) is 18.0 Å². The topological polar surface area (TPSA) is 26.3 Å². The first kappa shape index (κ1) is 12.5. The highest BCUT2D eigenvalue weighted by Gasteiger charge is 2.18. The first-order valence-corrected chi connectivity index (χ1v) is 7.74. The lowest BCUT2D eigenvalue weighted by atomic mass is 10.0. The Kier molecular flexibility index (Phi) is 3.40. The van der Waals surface area contributed by atoms with Crippen LogP contribution >= 0.6 is 43.2 Å². The minimum absolute atomic E-state index is 0.0403. The van der Waals surface area contributed by atoms with Crippen LogP contribution in [0.5, 0.6) is 0 Å². The number of carbonyl (C=O) groups is 1. The molecule has 2 nitrogen and oxygen atoms in total. The normalized spacial score (nSPS) is 13.7. The summed E-state index contributed by atoms with van der Waals surface area (Å²) in [5, 5.41) is 0. The predicted molar refractivity (Wildman–Crippen MR) is 78.1 cm³/mol. The number of ketones is 1. The molecule has 18 heavy (non-hydrogen) atoms. The number of fused-ring (bicyclic) bond motifs is 1. The van der Waals surface area contributed by atoms with Gasteiger partial charge < -0.3 is 4.74 Å². The van der Waals surface area contributed by atoms with E-state index in [-0.39, 0.29) is 5.78 Å². The third-order valence-corrected chi connectivity index (χ3v) is 5.22. The standard InChI is InChI=1S/C13H8Br2O2S/c14-11-4-10(13(15)18-11)12(16)7-1-2-8-5-17-6-9(8)3-7/h1-4H,5-6H2. The number of ether oxygens (including phenoxy) is 1. The maximum absolute atomic E-state index is 12.4. The lowest BCUT2D eigenvalue weighted by Crippen LogP contribution is -2.01. The number of rotatable bonds is 2. The lowest BCUT2D eigenvalue weighted by molar-refractivity contribution is 0.103. The molecule has 0 atom stereocenters. The molecular formula is C13H8Br2O2S. The van der Waals surface area contributed by atoms with Gasteiger partial charge in [-0.25, -0.2) is 0 Å². The van der Waals surface area contributed by atoms with Crippen LogP contribution in [0.1, 0.15) is 27.0 Å². The molecule has 1 aliphatic heterocycles. The fourth-order valence-corrected chi connectivity index (χ4v) is 4.76. The summed E-state index contributed by atoms with van der Waals surface area (Å²) in [5.41, 5.74) is 3.71. The van der Waals surface area contributed by atoms with Crippen molar-refractivity contribution in [2.75, 3.05) is 0 Å². The number of hydrogen-bond donors (Lipinski definition) is 0. The maximum Gasteiger partial charge on any atom is 0.195 e. The second kappa shape index (κ2) is 4.89. The molecule has 1 aliphatic rings. The Morgan fingerprint density at radius 2 is 1.94 bits per heavy atom. The van der Waals surface area contributed by atoms with E-state index in [0.29, 0.717) is 24.3 Å². The van der Waals surface area contributed by atoms with Crippen LogP contribution in [0.2, 0.25) is 0 Å². The van der Waals surface area contributed by atoms with Crippen molar-refractivity contribution in [2.24, 2.45) is 0 Å².